The van der Waals surface area contributed by atoms with Gasteiger partial charge in [0.2, 0.25) is 5.91 Å². The number of likely N-dealkylation sites (tertiary alicyclic amines) is 2. The van der Waals surface area contributed by atoms with Crippen LogP contribution in [-0.4, -0.2) is 54.4 Å². The van der Waals surface area contributed by atoms with Crippen LogP contribution in [0.3, 0.4) is 0 Å². The van der Waals surface area contributed by atoms with Crippen LogP contribution in [0.25, 0.3) is 0 Å². The van der Waals surface area contributed by atoms with E-state index in [9.17, 15) is 9.59 Å². The Hall–Kier alpha value is -2.05. The van der Waals surface area contributed by atoms with Gasteiger partial charge in [-0.3, -0.25) is 9.59 Å². The Morgan fingerprint density at radius 3 is 2.50 bits per heavy atom. The fourth-order valence-electron chi connectivity index (χ4n) is 5.02. The van der Waals surface area contributed by atoms with E-state index in [1.54, 1.807) is 0 Å². The molecule has 2 aromatic carbocycles. The highest BCUT2D eigenvalue weighted by molar-refractivity contribution is 9.10. The summed E-state index contributed by atoms with van der Waals surface area (Å²) < 4.78 is 7.04. The van der Waals surface area contributed by atoms with Crippen molar-refractivity contribution < 1.29 is 14.3 Å². The largest absolute Gasteiger partial charge is 0.493 e. The lowest BCUT2D eigenvalue weighted by Crippen LogP contribution is -2.51. The molecule has 2 amide bonds. The topological polar surface area (TPSA) is 49.9 Å². The summed E-state index contributed by atoms with van der Waals surface area (Å²) in [4.78, 5) is 30.6. The first-order chi connectivity index (χ1) is 16.4. The number of nitrogens with zero attached hydrogens (tertiary/aromatic N) is 2. The quantitative estimate of drug-likeness (QED) is 0.438. The lowest BCUT2D eigenvalue weighted by Gasteiger charge is -2.43. The van der Waals surface area contributed by atoms with Gasteiger partial charge in [-0.15, -0.1) is 0 Å². The van der Waals surface area contributed by atoms with Gasteiger partial charge in [0.25, 0.3) is 5.91 Å². The maximum Gasteiger partial charge on any atom is 0.255 e. The van der Waals surface area contributed by atoms with E-state index in [0.717, 1.165) is 54.6 Å². The van der Waals surface area contributed by atoms with Gasteiger partial charge in [-0.2, -0.15) is 0 Å². The molecular weight excluding hydrogens is 516 g/mol. The number of carbonyl (C=O) groups excluding carboxylic acids is 2. The first kappa shape index (κ1) is 25.1. The predicted octanol–water partition coefficient (Wildman–Crippen LogP) is 6.11. The molecule has 2 saturated heterocycles. The molecule has 4 rings (SSSR count). The van der Waals surface area contributed by atoms with Gasteiger partial charge in [-0.1, -0.05) is 23.7 Å². The lowest BCUT2D eigenvalue weighted by molar-refractivity contribution is -0.136. The average Bonchev–Trinajstić information content (AvgIpc) is 2.85. The Morgan fingerprint density at radius 2 is 1.76 bits per heavy atom. The predicted molar refractivity (Wildman–Crippen MR) is 138 cm³/mol. The molecule has 0 radical (unpaired) electrons. The van der Waals surface area contributed by atoms with Crippen LogP contribution in [-0.2, 0) is 4.79 Å². The zero-order chi connectivity index (χ0) is 24.1. The van der Waals surface area contributed by atoms with Crippen molar-refractivity contribution in [3.05, 3.63) is 63.1 Å². The number of ether oxygens (including phenoxy) is 1. The molecule has 1 atom stereocenters. The summed E-state index contributed by atoms with van der Waals surface area (Å²) >= 11 is 9.70. The van der Waals surface area contributed by atoms with Crippen LogP contribution >= 0.6 is 27.5 Å². The van der Waals surface area contributed by atoms with Gasteiger partial charge in [-0.05, 0) is 90.9 Å². The minimum Gasteiger partial charge on any atom is -0.493 e. The Labute approximate surface area is 215 Å². The number of carbonyl (C=O) groups is 2. The van der Waals surface area contributed by atoms with Crippen LogP contribution < -0.4 is 4.74 Å². The van der Waals surface area contributed by atoms with Gasteiger partial charge in [0, 0.05) is 47.5 Å². The van der Waals surface area contributed by atoms with Gasteiger partial charge in [-0.25, -0.2) is 0 Å². The molecule has 0 N–H and O–H groups in total. The van der Waals surface area contributed by atoms with E-state index in [4.69, 9.17) is 16.3 Å². The molecule has 0 saturated carbocycles. The fraction of sp³-hybridized carbons (Fsp3) is 0.481. The smallest absolute Gasteiger partial charge is 0.255 e. The van der Waals surface area contributed by atoms with E-state index < -0.39 is 5.41 Å². The Morgan fingerprint density at radius 1 is 1.03 bits per heavy atom. The zero-order valence-corrected chi connectivity index (χ0v) is 22.0. The van der Waals surface area contributed by atoms with Crippen LogP contribution in [0.5, 0.6) is 5.75 Å². The monoisotopic (exact) mass is 546 g/mol. The van der Waals surface area contributed by atoms with E-state index in [2.05, 4.69) is 15.9 Å². The number of benzene rings is 2. The second-order valence-electron chi connectivity index (χ2n) is 9.63. The molecule has 2 aliphatic heterocycles. The summed E-state index contributed by atoms with van der Waals surface area (Å²) in [5.41, 5.74) is 1.17. The highest BCUT2D eigenvalue weighted by Gasteiger charge is 2.41. The molecular formula is C27H32BrClN2O3. The molecule has 2 fully saturated rings. The number of amides is 2. The SMILES string of the molecule is Cc1cc(OC[C@]2(CC(=O)N3CCCCC3)CCCN(C(=O)c3ccccc3Br)C2)ccc1Cl. The first-order valence-electron chi connectivity index (χ1n) is 12.1. The first-order valence-corrected chi connectivity index (χ1v) is 13.2. The van der Waals surface area contributed by atoms with Crippen molar-refractivity contribution in [3.8, 4) is 5.75 Å². The molecule has 182 valence electrons. The van der Waals surface area contributed by atoms with Gasteiger partial charge >= 0.3 is 0 Å². The maximum atomic E-state index is 13.4. The third-order valence-electron chi connectivity index (χ3n) is 6.96. The fourth-order valence-corrected chi connectivity index (χ4v) is 5.59. The lowest BCUT2D eigenvalue weighted by atomic mass is 9.77. The van der Waals surface area contributed by atoms with E-state index in [1.807, 2.05) is 59.2 Å². The molecule has 0 aromatic heterocycles. The standard InChI is InChI=1S/C27H32BrClN2O3/c1-20-16-21(10-11-24(20)29)34-19-27(17-25(32)30-13-5-2-6-14-30)12-7-15-31(18-27)26(33)22-8-3-4-9-23(22)28/h3-4,8-11,16H,2,5-7,12-15,17-19H2,1H3/t27-/m0/s1. The Bertz CT molecular complexity index is 1040. The number of hydrogen-bond donors (Lipinski definition) is 0. The summed E-state index contributed by atoms with van der Waals surface area (Å²) in [5.74, 6) is 0.899. The van der Waals surface area contributed by atoms with Crippen molar-refractivity contribution in [1.29, 1.82) is 0 Å². The van der Waals surface area contributed by atoms with Gasteiger partial charge < -0.3 is 14.5 Å². The van der Waals surface area contributed by atoms with Crippen LogP contribution in [0, 0.1) is 12.3 Å². The average molecular weight is 548 g/mol. The third kappa shape index (κ3) is 5.95. The summed E-state index contributed by atoms with van der Waals surface area (Å²) in [6.45, 7) is 5.16. The second kappa shape index (κ2) is 11.1. The molecule has 2 aliphatic rings. The molecule has 2 heterocycles. The van der Waals surface area contributed by atoms with Crippen molar-refractivity contribution in [1.82, 2.24) is 9.80 Å². The molecule has 0 aliphatic carbocycles. The normalized spacial score (nSPS) is 20.8. The zero-order valence-electron chi connectivity index (χ0n) is 19.7. The minimum atomic E-state index is -0.433. The van der Waals surface area contributed by atoms with Crippen molar-refractivity contribution in [2.24, 2.45) is 5.41 Å². The maximum absolute atomic E-state index is 13.4. The van der Waals surface area contributed by atoms with E-state index in [1.165, 1.54) is 6.42 Å². The van der Waals surface area contributed by atoms with Crippen molar-refractivity contribution in [2.45, 2.75) is 45.4 Å². The number of rotatable bonds is 6. The van der Waals surface area contributed by atoms with E-state index in [0.29, 0.717) is 36.7 Å². The van der Waals surface area contributed by atoms with E-state index in [-0.39, 0.29) is 11.8 Å². The third-order valence-corrected chi connectivity index (χ3v) is 8.08. The molecule has 0 unspecified atom stereocenters. The van der Waals surface area contributed by atoms with Crippen molar-refractivity contribution >= 4 is 39.3 Å². The Balaban J connectivity index is 1.55. The van der Waals surface area contributed by atoms with Gasteiger partial charge in [0.1, 0.15) is 5.75 Å². The number of aryl methyl sites for hydroxylation is 1. The molecule has 34 heavy (non-hydrogen) atoms. The molecule has 5 nitrogen and oxygen atoms in total. The van der Waals surface area contributed by atoms with Crippen molar-refractivity contribution in [2.75, 3.05) is 32.8 Å². The number of piperidine rings is 2. The van der Waals surface area contributed by atoms with Crippen LogP contribution in [0.4, 0.5) is 0 Å². The highest BCUT2D eigenvalue weighted by Crippen LogP contribution is 2.37. The highest BCUT2D eigenvalue weighted by atomic mass is 79.9. The molecule has 7 heteroatoms. The van der Waals surface area contributed by atoms with Crippen LogP contribution in [0.1, 0.15) is 54.4 Å². The summed E-state index contributed by atoms with van der Waals surface area (Å²) in [5, 5.41) is 0.699. The number of hydrogen-bond acceptors (Lipinski definition) is 3. The minimum absolute atomic E-state index is 0.00990. The van der Waals surface area contributed by atoms with Gasteiger partial charge in [0.05, 0.1) is 12.2 Å². The summed E-state index contributed by atoms with van der Waals surface area (Å²) in [7, 11) is 0. The van der Waals surface area contributed by atoms with E-state index >= 15 is 0 Å². The Kier molecular flexibility index (Phi) is 8.20. The van der Waals surface area contributed by atoms with Gasteiger partial charge in [0.15, 0.2) is 0 Å². The number of halogens is 2. The molecule has 0 spiro atoms. The molecule has 2 aromatic rings. The molecule has 0 bridgehead atoms. The summed E-state index contributed by atoms with van der Waals surface area (Å²) in [6.07, 6.45) is 5.38. The second-order valence-corrected chi connectivity index (χ2v) is 10.9. The van der Waals surface area contributed by atoms with Crippen LogP contribution in [0.15, 0.2) is 46.9 Å². The van der Waals surface area contributed by atoms with Crippen LogP contribution in [0.2, 0.25) is 5.02 Å². The van der Waals surface area contributed by atoms with Crippen molar-refractivity contribution in [3.63, 3.8) is 0 Å². The summed E-state index contributed by atoms with van der Waals surface area (Å²) in [6, 6.07) is 13.1.